The summed E-state index contributed by atoms with van der Waals surface area (Å²) in [6.45, 7) is 0.127. The average molecular weight is 272 g/mol. The van der Waals surface area contributed by atoms with E-state index in [0.29, 0.717) is 0 Å². The Kier molecular flexibility index (Phi) is 3.00. The molecule has 2 heterocycles. The summed E-state index contributed by atoms with van der Waals surface area (Å²) < 4.78 is 0. The summed E-state index contributed by atoms with van der Waals surface area (Å²) in [5.41, 5.74) is 5.30. The van der Waals surface area contributed by atoms with Crippen LogP contribution < -0.4 is 16.3 Å². The van der Waals surface area contributed by atoms with Gasteiger partial charge < -0.3 is 10.6 Å². The monoisotopic (exact) mass is 272 g/mol. The van der Waals surface area contributed by atoms with E-state index in [1.54, 1.807) is 6.20 Å². The van der Waals surface area contributed by atoms with Gasteiger partial charge in [0.05, 0.1) is 11.9 Å². The van der Waals surface area contributed by atoms with Gasteiger partial charge in [-0.15, -0.1) is 11.3 Å². The van der Waals surface area contributed by atoms with Crippen LogP contribution in [-0.2, 0) is 4.79 Å². The summed E-state index contributed by atoms with van der Waals surface area (Å²) in [5.74, 6) is -0.382. The summed E-state index contributed by atoms with van der Waals surface area (Å²) in [6, 6.07) is 7.80. The first-order valence-corrected chi connectivity index (χ1v) is 6.70. The minimum Gasteiger partial charge on any atom is -0.368 e. The van der Waals surface area contributed by atoms with Crippen molar-refractivity contribution in [3.63, 3.8) is 0 Å². The molecule has 1 unspecified atom stereocenters. The third kappa shape index (κ3) is 2.34. The second-order valence-corrected chi connectivity index (χ2v) is 5.13. The zero-order chi connectivity index (χ0) is 13.2. The molecule has 0 saturated carbocycles. The van der Waals surface area contributed by atoms with Crippen LogP contribution in [-0.4, -0.2) is 22.3 Å². The third-order valence-corrected chi connectivity index (χ3v) is 3.64. The molecule has 5 nitrogen and oxygen atoms in total. The zero-order valence-corrected chi connectivity index (χ0v) is 10.9. The normalized spacial score (nSPS) is 17.3. The molecule has 0 aliphatic carbocycles. The minimum absolute atomic E-state index is 0.127. The van der Waals surface area contributed by atoms with Gasteiger partial charge in [-0.3, -0.25) is 9.79 Å². The van der Waals surface area contributed by atoms with Crippen LogP contribution in [0.5, 0.6) is 0 Å². The van der Waals surface area contributed by atoms with Gasteiger partial charge >= 0.3 is 0 Å². The molecule has 6 heteroatoms. The standard InChI is InChI=1S/C13H12N4OS/c14-11(18)8-17-7-9-3-1-2-4-10(9)16-12(17)13-15-5-6-19-13/h1-7,12H,8H2,(H2,14,18). The fourth-order valence-corrected chi connectivity index (χ4v) is 2.73. The molecule has 1 aliphatic rings. The number of aromatic nitrogens is 1. The van der Waals surface area contributed by atoms with E-state index in [1.165, 1.54) is 11.3 Å². The molecule has 0 bridgehead atoms. The maximum Gasteiger partial charge on any atom is 0.237 e. The van der Waals surface area contributed by atoms with E-state index in [0.717, 1.165) is 15.6 Å². The number of benzene rings is 1. The highest BCUT2D eigenvalue weighted by molar-refractivity contribution is 7.09. The van der Waals surface area contributed by atoms with Crippen molar-refractivity contribution in [2.45, 2.75) is 6.17 Å². The number of thiazole rings is 1. The Morgan fingerprint density at radius 3 is 3.00 bits per heavy atom. The maximum atomic E-state index is 11.2. The van der Waals surface area contributed by atoms with Crippen LogP contribution in [0, 0.1) is 0 Å². The molecule has 1 aromatic heterocycles. The highest BCUT2D eigenvalue weighted by atomic mass is 32.1. The quantitative estimate of drug-likeness (QED) is 0.855. The van der Waals surface area contributed by atoms with Crippen molar-refractivity contribution >= 4 is 23.4 Å². The van der Waals surface area contributed by atoms with Crippen molar-refractivity contribution in [1.29, 1.82) is 0 Å². The lowest BCUT2D eigenvalue weighted by Crippen LogP contribution is -2.41. The van der Waals surface area contributed by atoms with Crippen molar-refractivity contribution in [3.05, 3.63) is 51.4 Å². The molecule has 0 fully saturated rings. The molecule has 96 valence electrons. The van der Waals surface area contributed by atoms with Gasteiger partial charge in [0.25, 0.3) is 0 Å². The van der Waals surface area contributed by atoms with E-state index in [4.69, 9.17) is 5.73 Å². The Bertz CT molecular complexity index is 710. The van der Waals surface area contributed by atoms with Crippen LogP contribution in [0.4, 0.5) is 0 Å². The zero-order valence-electron chi connectivity index (χ0n) is 10.1. The minimum atomic E-state index is -0.382. The van der Waals surface area contributed by atoms with Gasteiger partial charge in [-0.25, -0.2) is 4.98 Å². The highest BCUT2D eigenvalue weighted by Crippen LogP contribution is 2.24. The number of hydrogen-bond acceptors (Lipinski definition) is 5. The maximum absolute atomic E-state index is 11.2. The van der Waals surface area contributed by atoms with Gasteiger partial charge in [-0.05, 0) is 6.07 Å². The number of nitrogens with zero attached hydrogens (tertiary/aromatic N) is 3. The number of carbonyl (C=O) groups is 1. The molecule has 1 atom stereocenters. The number of primary amides is 1. The molecule has 0 radical (unpaired) electrons. The van der Waals surface area contributed by atoms with Gasteiger partial charge in [-0.1, -0.05) is 18.2 Å². The summed E-state index contributed by atoms with van der Waals surface area (Å²) in [5, 5.41) is 4.64. The molecule has 3 rings (SSSR count). The average Bonchev–Trinajstić information content (AvgIpc) is 2.91. The topological polar surface area (TPSA) is 71.6 Å². The number of amides is 1. The largest absolute Gasteiger partial charge is 0.368 e. The van der Waals surface area contributed by atoms with Crippen molar-refractivity contribution in [2.75, 3.05) is 6.54 Å². The molecule has 1 amide bonds. The highest BCUT2D eigenvalue weighted by Gasteiger charge is 2.22. The Labute approximate surface area is 113 Å². The van der Waals surface area contributed by atoms with Crippen molar-refractivity contribution < 1.29 is 4.79 Å². The van der Waals surface area contributed by atoms with Crippen LogP contribution in [0.1, 0.15) is 11.2 Å². The van der Waals surface area contributed by atoms with Crippen LogP contribution in [0.15, 0.2) is 40.8 Å². The van der Waals surface area contributed by atoms with Crippen molar-refractivity contribution in [2.24, 2.45) is 10.7 Å². The van der Waals surface area contributed by atoms with Gasteiger partial charge in [-0.2, -0.15) is 0 Å². The fraction of sp³-hybridized carbons (Fsp3) is 0.154. The number of hydrogen-bond donors (Lipinski definition) is 1. The van der Waals surface area contributed by atoms with Gasteiger partial charge in [0.15, 0.2) is 6.17 Å². The van der Waals surface area contributed by atoms with Crippen LogP contribution >= 0.6 is 11.3 Å². The SMILES string of the molecule is NC(=O)CN1C=c2ccccc2=NC1c1nccs1. The van der Waals surface area contributed by atoms with Gasteiger partial charge in [0.1, 0.15) is 5.01 Å². The van der Waals surface area contributed by atoms with Crippen LogP contribution in [0.25, 0.3) is 6.20 Å². The Balaban J connectivity index is 2.10. The first kappa shape index (κ1) is 11.9. The molecular formula is C13H12N4OS. The van der Waals surface area contributed by atoms with E-state index in [2.05, 4.69) is 9.98 Å². The smallest absolute Gasteiger partial charge is 0.237 e. The predicted molar refractivity (Wildman–Crippen MR) is 72.4 cm³/mol. The van der Waals surface area contributed by atoms with Crippen molar-refractivity contribution in [3.8, 4) is 0 Å². The summed E-state index contributed by atoms with van der Waals surface area (Å²) >= 11 is 1.52. The molecule has 1 aliphatic heterocycles. The fourth-order valence-electron chi connectivity index (χ4n) is 2.04. The lowest BCUT2D eigenvalue weighted by molar-refractivity contribution is -0.118. The van der Waals surface area contributed by atoms with Crippen LogP contribution in [0.2, 0.25) is 0 Å². The van der Waals surface area contributed by atoms with E-state index in [-0.39, 0.29) is 18.6 Å². The van der Waals surface area contributed by atoms with E-state index >= 15 is 0 Å². The van der Waals surface area contributed by atoms with E-state index in [9.17, 15) is 4.79 Å². The third-order valence-electron chi connectivity index (χ3n) is 2.83. The first-order chi connectivity index (χ1) is 9.24. The van der Waals surface area contributed by atoms with Crippen LogP contribution in [0.3, 0.4) is 0 Å². The lowest BCUT2D eigenvalue weighted by atomic mass is 10.2. The Hall–Kier alpha value is -2.21. The second kappa shape index (κ2) is 4.81. The molecule has 19 heavy (non-hydrogen) atoms. The van der Waals surface area contributed by atoms with Gasteiger partial charge in [0.2, 0.25) is 5.91 Å². The van der Waals surface area contributed by atoms with E-state index in [1.807, 2.05) is 40.7 Å². The lowest BCUT2D eigenvalue weighted by Gasteiger charge is -2.27. The Morgan fingerprint density at radius 2 is 2.26 bits per heavy atom. The number of rotatable bonds is 3. The van der Waals surface area contributed by atoms with Crippen molar-refractivity contribution in [1.82, 2.24) is 9.88 Å². The summed E-state index contributed by atoms with van der Waals surface area (Å²) in [7, 11) is 0. The molecule has 2 N–H and O–H groups in total. The number of para-hydroxylation sites is 1. The molecular weight excluding hydrogens is 260 g/mol. The first-order valence-electron chi connectivity index (χ1n) is 5.82. The number of nitrogens with two attached hydrogens (primary N) is 1. The van der Waals surface area contributed by atoms with Gasteiger partial charge in [0, 0.05) is 23.0 Å². The van der Waals surface area contributed by atoms with E-state index < -0.39 is 0 Å². The predicted octanol–water partition coefficient (Wildman–Crippen LogP) is 0.000400. The number of fused-ring (bicyclic) bond motifs is 1. The Morgan fingerprint density at radius 1 is 1.42 bits per heavy atom. The second-order valence-electron chi connectivity index (χ2n) is 4.20. The number of carbonyl (C=O) groups excluding carboxylic acids is 1. The molecule has 0 spiro atoms. The summed E-state index contributed by atoms with van der Waals surface area (Å²) in [6.07, 6.45) is 3.37. The molecule has 0 saturated heterocycles. The molecule has 1 aromatic carbocycles. The molecule has 2 aromatic rings. The summed E-state index contributed by atoms with van der Waals surface area (Å²) in [4.78, 5) is 22.0.